The molecule has 1 heterocycles. The third-order valence-corrected chi connectivity index (χ3v) is 2.96. The molecule has 0 radical (unpaired) electrons. The Morgan fingerprint density at radius 1 is 1.17 bits per heavy atom. The lowest BCUT2D eigenvalue weighted by Crippen LogP contribution is -2.54. The van der Waals surface area contributed by atoms with Gasteiger partial charge in [-0.3, -0.25) is 9.78 Å². The SMILES string of the molecule is CC(C)(C)OC(=O)N[C@H](C(=O)NCc1ccccn1)C(C)(C)C. The number of hydrogen-bond acceptors (Lipinski definition) is 4. The summed E-state index contributed by atoms with van der Waals surface area (Å²) >= 11 is 0. The Morgan fingerprint density at radius 3 is 2.30 bits per heavy atom. The van der Waals surface area contributed by atoms with Gasteiger partial charge in [0.25, 0.3) is 0 Å². The molecule has 2 N–H and O–H groups in total. The fourth-order valence-corrected chi connectivity index (χ4v) is 1.88. The molecular formula is C17H27N3O3. The van der Waals surface area contributed by atoms with Crippen molar-refractivity contribution < 1.29 is 14.3 Å². The topological polar surface area (TPSA) is 80.3 Å². The number of aromatic nitrogens is 1. The zero-order valence-corrected chi connectivity index (χ0v) is 14.8. The molecule has 0 aliphatic rings. The average Bonchev–Trinajstić information content (AvgIpc) is 2.40. The van der Waals surface area contributed by atoms with Gasteiger partial charge in [-0.2, -0.15) is 0 Å². The summed E-state index contributed by atoms with van der Waals surface area (Å²) in [6.07, 6.45) is 1.06. The van der Waals surface area contributed by atoms with Crippen LogP contribution in [-0.2, 0) is 16.1 Å². The molecule has 0 aliphatic heterocycles. The zero-order valence-electron chi connectivity index (χ0n) is 14.8. The summed E-state index contributed by atoms with van der Waals surface area (Å²) in [5.41, 5.74) is -0.312. The van der Waals surface area contributed by atoms with Crippen LogP contribution >= 0.6 is 0 Å². The average molecular weight is 321 g/mol. The molecule has 23 heavy (non-hydrogen) atoms. The molecule has 6 nitrogen and oxygen atoms in total. The number of ether oxygens (including phenoxy) is 1. The maximum atomic E-state index is 12.5. The Morgan fingerprint density at radius 2 is 1.83 bits per heavy atom. The van der Waals surface area contributed by atoms with Crippen molar-refractivity contribution >= 4 is 12.0 Å². The van der Waals surface area contributed by atoms with E-state index in [9.17, 15) is 9.59 Å². The lowest BCUT2D eigenvalue weighted by Gasteiger charge is -2.31. The van der Waals surface area contributed by atoms with Gasteiger partial charge in [0.1, 0.15) is 11.6 Å². The third kappa shape index (κ3) is 7.13. The summed E-state index contributed by atoms with van der Waals surface area (Å²) in [7, 11) is 0. The van der Waals surface area contributed by atoms with Gasteiger partial charge in [-0.1, -0.05) is 26.8 Å². The molecule has 6 heteroatoms. The Labute approximate surface area is 138 Å². The minimum absolute atomic E-state index is 0.269. The molecule has 0 saturated heterocycles. The van der Waals surface area contributed by atoms with Crippen LogP contribution in [0.2, 0.25) is 0 Å². The van der Waals surface area contributed by atoms with Crippen LogP contribution in [0.1, 0.15) is 47.2 Å². The fraction of sp³-hybridized carbons (Fsp3) is 0.588. The van der Waals surface area contributed by atoms with E-state index in [-0.39, 0.29) is 5.91 Å². The van der Waals surface area contributed by atoms with E-state index in [2.05, 4.69) is 15.6 Å². The van der Waals surface area contributed by atoms with Gasteiger partial charge in [0, 0.05) is 6.20 Å². The van der Waals surface area contributed by atoms with Crippen LogP contribution in [0.15, 0.2) is 24.4 Å². The molecule has 1 aromatic heterocycles. The van der Waals surface area contributed by atoms with Crippen LogP contribution in [0.3, 0.4) is 0 Å². The van der Waals surface area contributed by atoms with Crippen molar-refractivity contribution in [2.24, 2.45) is 5.41 Å². The smallest absolute Gasteiger partial charge is 0.408 e. The van der Waals surface area contributed by atoms with Gasteiger partial charge in [0.15, 0.2) is 0 Å². The second kappa shape index (κ2) is 7.44. The number of nitrogens with zero attached hydrogens (tertiary/aromatic N) is 1. The number of amides is 2. The van der Waals surface area contributed by atoms with Crippen molar-refractivity contribution in [2.45, 2.75) is 59.7 Å². The van der Waals surface area contributed by atoms with Gasteiger partial charge in [-0.25, -0.2) is 4.79 Å². The molecule has 1 aromatic rings. The number of pyridine rings is 1. The van der Waals surface area contributed by atoms with Crippen molar-refractivity contribution in [2.75, 3.05) is 0 Å². The molecule has 0 fully saturated rings. The van der Waals surface area contributed by atoms with Crippen LogP contribution in [0.25, 0.3) is 0 Å². The molecule has 0 spiro atoms. The maximum Gasteiger partial charge on any atom is 0.408 e. The molecule has 0 aromatic carbocycles. The Bertz CT molecular complexity index is 530. The predicted molar refractivity (Wildman–Crippen MR) is 88.7 cm³/mol. The van der Waals surface area contributed by atoms with Gasteiger partial charge in [-0.05, 0) is 38.3 Å². The Hall–Kier alpha value is -2.11. The fourth-order valence-electron chi connectivity index (χ4n) is 1.88. The number of nitrogens with one attached hydrogen (secondary N) is 2. The number of carbonyl (C=O) groups excluding carboxylic acids is 2. The van der Waals surface area contributed by atoms with Crippen molar-refractivity contribution in [1.82, 2.24) is 15.6 Å². The molecule has 0 aliphatic carbocycles. The van der Waals surface area contributed by atoms with E-state index in [4.69, 9.17) is 4.74 Å². The van der Waals surface area contributed by atoms with E-state index in [1.165, 1.54) is 0 Å². The Balaban J connectivity index is 2.70. The van der Waals surface area contributed by atoms with E-state index in [1.54, 1.807) is 27.0 Å². The molecule has 128 valence electrons. The predicted octanol–water partition coefficient (Wildman–Crippen LogP) is 2.64. The summed E-state index contributed by atoms with van der Waals surface area (Å²) in [5, 5.41) is 5.46. The number of hydrogen-bond donors (Lipinski definition) is 2. The Kier molecular flexibility index (Phi) is 6.12. The summed E-state index contributed by atoms with van der Waals surface area (Å²) in [6.45, 7) is 11.3. The third-order valence-electron chi connectivity index (χ3n) is 2.96. The van der Waals surface area contributed by atoms with Gasteiger partial charge in [-0.15, -0.1) is 0 Å². The molecule has 2 amide bonds. The molecule has 1 atom stereocenters. The highest BCUT2D eigenvalue weighted by atomic mass is 16.6. The van der Waals surface area contributed by atoms with E-state index in [0.717, 1.165) is 5.69 Å². The molecule has 0 unspecified atom stereocenters. The lowest BCUT2D eigenvalue weighted by molar-refractivity contribution is -0.125. The van der Waals surface area contributed by atoms with Crippen molar-refractivity contribution in [3.63, 3.8) is 0 Å². The first-order valence-corrected chi connectivity index (χ1v) is 7.66. The van der Waals surface area contributed by atoms with E-state index in [1.807, 2.05) is 39.0 Å². The largest absolute Gasteiger partial charge is 0.444 e. The van der Waals surface area contributed by atoms with Crippen LogP contribution < -0.4 is 10.6 Å². The number of alkyl carbamates (subject to hydrolysis) is 1. The first kappa shape index (κ1) is 18.9. The standard InChI is InChI=1S/C17H27N3O3/c1-16(2,3)13(20-15(22)23-17(4,5)6)14(21)19-11-12-9-7-8-10-18-12/h7-10,13H,11H2,1-6H3,(H,19,21)(H,20,22)/t13-/m1/s1. The lowest BCUT2D eigenvalue weighted by atomic mass is 9.86. The van der Waals surface area contributed by atoms with E-state index < -0.39 is 23.2 Å². The maximum absolute atomic E-state index is 12.5. The quantitative estimate of drug-likeness (QED) is 0.893. The minimum Gasteiger partial charge on any atom is -0.444 e. The first-order valence-electron chi connectivity index (χ1n) is 7.66. The van der Waals surface area contributed by atoms with Gasteiger partial charge < -0.3 is 15.4 Å². The summed E-state index contributed by atoms with van der Waals surface area (Å²) in [5.74, 6) is -0.269. The van der Waals surface area contributed by atoms with E-state index in [0.29, 0.717) is 6.54 Å². The van der Waals surface area contributed by atoms with Gasteiger partial charge >= 0.3 is 6.09 Å². The second-order valence-electron chi connectivity index (χ2n) is 7.48. The first-order chi connectivity index (χ1) is 10.5. The highest BCUT2D eigenvalue weighted by Gasteiger charge is 2.34. The van der Waals surface area contributed by atoms with E-state index >= 15 is 0 Å². The highest BCUT2D eigenvalue weighted by Crippen LogP contribution is 2.20. The zero-order chi connectivity index (χ0) is 17.7. The van der Waals surface area contributed by atoms with Crippen molar-refractivity contribution in [3.8, 4) is 0 Å². The molecule has 1 rings (SSSR count). The summed E-state index contributed by atoms with van der Waals surface area (Å²) in [6, 6.07) is 4.79. The summed E-state index contributed by atoms with van der Waals surface area (Å²) < 4.78 is 5.23. The number of carbonyl (C=O) groups is 2. The molecule has 0 bridgehead atoms. The van der Waals surface area contributed by atoms with Crippen molar-refractivity contribution in [1.29, 1.82) is 0 Å². The van der Waals surface area contributed by atoms with Crippen LogP contribution in [0.5, 0.6) is 0 Å². The highest BCUT2D eigenvalue weighted by molar-refractivity contribution is 5.86. The second-order valence-corrected chi connectivity index (χ2v) is 7.48. The monoisotopic (exact) mass is 321 g/mol. The molecular weight excluding hydrogens is 294 g/mol. The van der Waals surface area contributed by atoms with Gasteiger partial charge in [0.2, 0.25) is 5.91 Å². The molecule has 0 saturated carbocycles. The number of rotatable bonds is 4. The van der Waals surface area contributed by atoms with Crippen LogP contribution in [-0.4, -0.2) is 28.6 Å². The normalized spacial score (nSPS) is 13.1. The van der Waals surface area contributed by atoms with Crippen LogP contribution in [0.4, 0.5) is 4.79 Å². The van der Waals surface area contributed by atoms with Crippen LogP contribution in [0, 0.1) is 5.41 Å². The van der Waals surface area contributed by atoms with Crippen molar-refractivity contribution in [3.05, 3.63) is 30.1 Å². The minimum atomic E-state index is -0.707. The van der Waals surface area contributed by atoms with Gasteiger partial charge in [0.05, 0.1) is 12.2 Å². The summed E-state index contributed by atoms with van der Waals surface area (Å²) in [4.78, 5) is 28.6.